The van der Waals surface area contributed by atoms with Crippen LogP contribution >= 0.6 is 0 Å². The van der Waals surface area contributed by atoms with Gasteiger partial charge in [-0.05, 0) is 43.0 Å². The van der Waals surface area contributed by atoms with Crippen molar-refractivity contribution < 1.29 is 98.0 Å². The van der Waals surface area contributed by atoms with Gasteiger partial charge in [0.05, 0.1) is 53.2 Å². The summed E-state index contributed by atoms with van der Waals surface area (Å²) >= 11 is 0. The normalized spacial score (nSPS) is 30.0. The van der Waals surface area contributed by atoms with Crippen LogP contribution in [-0.4, -0.2) is 143 Å². The Hall–Kier alpha value is -3.13. The number of ether oxygens (including phenoxy) is 4. The van der Waals surface area contributed by atoms with E-state index < -0.39 is 61.2 Å². The fourth-order valence-corrected chi connectivity index (χ4v) is 6.82. The molecular weight excluding hydrogens is 707 g/mol. The molecule has 2 saturated heterocycles. The van der Waals surface area contributed by atoms with E-state index in [-0.39, 0.29) is 83.0 Å². The van der Waals surface area contributed by atoms with Crippen molar-refractivity contribution in [2.24, 2.45) is 11.8 Å². The Bertz CT molecular complexity index is 1520. The molecule has 2 aromatic rings. The number of methoxy groups -OCH3 is 1. The van der Waals surface area contributed by atoms with E-state index in [9.17, 15) is 34.2 Å². The van der Waals surface area contributed by atoms with Gasteiger partial charge in [0.1, 0.15) is 24.9 Å². The number of benzene rings is 2. The van der Waals surface area contributed by atoms with Gasteiger partial charge in [0.15, 0.2) is 6.29 Å². The number of rotatable bonds is 6. The molecule has 16 nitrogen and oxygen atoms in total. The summed E-state index contributed by atoms with van der Waals surface area (Å²) in [5, 5.41) is 44.7. The number of imide groups is 2. The molecule has 4 aliphatic rings. The van der Waals surface area contributed by atoms with Gasteiger partial charge >= 0.3 is 35.5 Å². The van der Waals surface area contributed by atoms with E-state index in [0.717, 1.165) is 19.1 Å². The Morgan fingerprint density at radius 2 is 1.15 bits per heavy atom. The molecule has 17 heteroatoms. The van der Waals surface area contributed by atoms with Gasteiger partial charge in [0.25, 0.3) is 23.6 Å². The molecule has 0 spiro atoms. The summed E-state index contributed by atoms with van der Waals surface area (Å²) in [4.78, 5) is 63.9. The standard InChI is InChI=1S/C19H23NO6.C15H17NO6.CH4O.CH3O.Na/c1-10-11(2)16(19(24-4)26-15(10)9-25-12(3)21)20-17(22)13-7-5-6-8-14(13)18(20)23;1-7-11(13(19)12(18)10(6-17)22-7)16-14(20)8-4-2-3-5-9(8)15(16)21;2*1-2;/h5-8,10-11,15-16,19H,9H2,1-4H3;2-5,7,10-13,17-19H,6H2,1H3;2H,1H3;1H3;/q;;;-1;+1. The molecule has 286 valence electrons. The third-order valence-corrected chi connectivity index (χ3v) is 9.60. The number of fused-ring (bicyclic) bond motifs is 2. The van der Waals surface area contributed by atoms with E-state index in [1.54, 1.807) is 55.5 Å². The predicted octanol–water partition coefficient (Wildman–Crippen LogP) is -3.40. The second-order valence-electron chi connectivity index (χ2n) is 12.4. The average molecular weight is 755 g/mol. The monoisotopic (exact) mass is 754 g/mol. The van der Waals surface area contributed by atoms with Crippen LogP contribution in [0.15, 0.2) is 48.5 Å². The first kappa shape index (κ1) is 46.0. The first-order valence-corrected chi connectivity index (χ1v) is 16.6. The Kier molecular flexibility index (Phi) is 17.8. The molecule has 0 aliphatic carbocycles. The van der Waals surface area contributed by atoms with Gasteiger partial charge in [-0.2, -0.15) is 7.11 Å². The molecule has 0 aromatic heterocycles. The molecule has 4 aliphatic heterocycles. The number of hydrogen-bond donors (Lipinski definition) is 4. The summed E-state index contributed by atoms with van der Waals surface area (Å²) in [6.07, 6.45) is -5.58. The number of aliphatic hydroxyl groups excluding tert-OH is 4. The van der Waals surface area contributed by atoms with Crippen LogP contribution in [0.2, 0.25) is 0 Å². The summed E-state index contributed by atoms with van der Waals surface area (Å²) in [6.45, 7) is 6.48. The number of esters is 1. The summed E-state index contributed by atoms with van der Waals surface area (Å²) < 4.78 is 21.9. The molecular formula is C36H47N2NaO14. The van der Waals surface area contributed by atoms with Gasteiger partial charge in [-0.25, -0.2) is 0 Å². The first-order chi connectivity index (χ1) is 24.8. The molecule has 0 saturated carbocycles. The third kappa shape index (κ3) is 9.23. The van der Waals surface area contributed by atoms with E-state index in [2.05, 4.69) is 0 Å². The van der Waals surface area contributed by atoms with E-state index in [4.69, 9.17) is 34.3 Å². The van der Waals surface area contributed by atoms with Crippen LogP contribution in [0.1, 0.15) is 69.1 Å². The van der Waals surface area contributed by atoms with Crippen molar-refractivity contribution in [1.29, 1.82) is 0 Å². The number of amides is 4. The Morgan fingerprint density at radius 1 is 0.736 bits per heavy atom. The van der Waals surface area contributed by atoms with Gasteiger partial charge in [-0.15, -0.1) is 0 Å². The number of carbonyl (C=O) groups is 5. The molecule has 4 N–H and O–H groups in total. The molecule has 2 fully saturated rings. The summed E-state index contributed by atoms with van der Waals surface area (Å²) in [6, 6.07) is 11.6. The molecule has 6 rings (SSSR count). The maximum absolute atomic E-state index is 12.8. The molecule has 10 atom stereocenters. The van der Waals surface area contributed by atoms with Crippen molar-refractivity contribution in [3.63, 3.8) is 0 Å². The molecule has 10 unspecified atom stereocenters. The number of carbonyl (C=O) groups excluding carboxylic acids is 5. The molecule has 4 heterocycles. The molecule has 4 amide bonds. The van der Waals surface area contributed by atoms with Crippen LogP contribution in [0.3, 0.4) is 0 Å². The third-order valence-electron chi connectivity index (χ3n) is 9.60. The Balaban J connectivity index is 0.000000333. The fourth-order valence-electron chi connectivity index (χ4n) is 6.82. The number of hydrogen-bond acceptors (Lipinski definition) is 14. The maximum atomic E-state index is 12.8. The van der Waals surface area contributed by atoms with E-state index in [0.29, 0.717) is 11.1 Å². The van der Waals surface area contributed by atoms with Gasteiger partial charge in [0, 0.05) is 21.1 Å². The van der Waals surface area contributed by atoms with Crippen LogP contribution in [0.25, 0.3) is 0 Å². The van der Waals surface area contributed by atoms with Gasteiger partial charge in [-0.3, -0.25) is 33.8 Å². The maximum Gasteiger partial charge on any atom is 1.00 e. The zero-order chi connectivity index (χ0) is 39.0. The van der Waals surface area contributed by atoms with Crippen molar-refractivity contribution in [3.05, 3.63) is 70.8 Å². The SMILES string of the molecule is CC1OC(CO)C(O)C(O)C1N1C(=O)c2ccccc2C1=O.CO.COC1OC(COC(C)=O)C(C)C(C)C1N1C(=O)c2ccccc2C1=O.C[O-].[Na+]. The van der Waals surface area contributed by atoms with Crippen molar-refractivity contribution >= 4 is 29.6 Å². The van der Waals surface area contributed by atoms with E-state index >= 15 is 0 Å². The van der Waals surface area contributed by atoms with Gasteiger partial charge in [-0.1, -0.05) is 38.1 Å². The number of aliphatic hydroxyl groups is 4. The minimum Gasteiger partial charge on any atom is -0.857 e. The first-order valence-electron chi connectivity index (χ1n) is 16.6. The average Bonchev–Trinajstić information content (AvgIpc) is 3.56. The van der Waals surface area contributed by atoms with Gasteiger partial charge in [0.2, 0.25) is 0 Å². The van der Waals surface area contributed by atoms with E-state index in [1.165, 1.54) is 18.9 Å². The zero-order valence-corrected chi connectivity index (χ0v) is 33.1. The minimum absolute atomic E-state index is 0. The predicted molar refractivity (Wildman–Crippen MR) is 180 cm³/mol. The molecule has 53 heavy (non-hydrogen) atoms. The van der Waals surface area contributed by atoms with Crippen molar-refractivity contribution in [2.75, 3.05) is 34.5 Å². The van der Waals surface area contributed by atoms with Crippen LogP contribution < -0.4 is 34.7 Å². The van der Waals surface area contributed by atoms with Crippen LogP contribution in [-0.2, 0) is 23.7 Å². The van der Waals surface area contributed by atoms with Crippen molar-refractivity contribution in [1.82, 2.24) is 9.80 Å². The van der Waals surface area contributed by atoms with Crippen molar-refractivity contribution in [2.45, 2.75) is 76.6 Å². The molecule has 0 bridgehead atoms. The quantitative estimate of drug-likeness (QED) is 0.128. The number of nitrogens with zero attached hydrogens (tertiary/aromatic N) is 2. The topological polar surface area (TPSA) is 233 Å². The van der Waals surface area contributed by atoms with Crippen LogP contribution in [0.4, 0.5) is 0 Å². The summed E-state index contributed by atoms with van der Waals surface area (Å²) in [7, 11) is 3.22. The Labute approximate surface area is 329 Å². The van der Waals surface area contributed by atoms with Crippen molar-refractivity contribution in [3.8, 4) is 0 Å². The Morgan fingerprint density at radius 3 is 1.53 bits per heavy atom. The second-order valence-corrected chi connectivity index (χ2v) is 12.4. The molecule has 2 aromatic carbocycles. The second kappa shape index (κ2) is 20.5. The largest absolute Gasteiger partial charge is 1.00 e. The summed E-state index contributed by atoms with van der Waals surface area (Å²) in [5.41, 5.74) is 1.33. The molecule has 0 radical (unpaired) electrons. The minimum atomic E-state index is -1.39. The van der Waals surface area contributed by atoms with Crippen LogP contribution in [0, 0.1) is 11.8 Å². The van der Waals surface area contributed by atoms with E-state index in [1.807, 2.05) is 13.8 Å². The zero-order valence-electron chi connectivity index (χ0n) is 31.1. The fraction of sp³-hybridized carbons (Fsp3) is 0.528. The summed E-state index contributed by atoms with van der Waals surface area (Å²) in [5.74, 6) is -2.24. The van der Waals surface area contributed by atoms with Crippen LogP contribution in [0.5, 0.6) is 0 Å². The smallest absolute Gasteiger partial charge is 0.857 e. The van der Waals surface area contributed by atoms with Gasteiger partial charge < -0.3 is 44.5 Å².